The van der Waals surface area contributed by atoms with Gasteiger partial charge >= 0.3 is 15.3 Å². The van der Waals surface area contributed by atoms with Crippen molar-refractivity contribution in [3.05, 3.63) is 60.2 Å². The van der Waals surface area contributed by atoms with E-state index in [9.17, 15) is 13.0 Å². The second-order valence-electron chi connectivity index (χ2n) is 4.81. The Morgan fingerprint density at radius 1 is 1.00 bits per heavy atom. The number of aryl methyl sites for hydroxylation is 2. The molecule has 108 valence electrons. The number of hydrogen-bond donors (Lipinski definition) is 2. The molecule has 3 rings (SSSR count). The third-order valence-corrected chi connectivity index (χ3v) is 4.20. The molecule has 1 heterocycles. The van der Waals surface area contributed by atoms with Crippen LogP contribution in [0.15, 0.2) is 59.8 Å². The molecule has 5 nitrogen and oxygen atoms in total. The van der Waals surface area contributed by atoms with Crippen molar-refractivity contribution in [3.8, 4) is 0 Å². The lowest BCUT2D eigenvalue weighted by molar-refractivity contribution is -0.709. The summed E-state index contributed by atoms with van der Waals surface area (Å²) in [5.41, 5.74) is 2.54. The lowest BCUT2D eigenvalue weighted by Crippen LogP contribution is -2.39. The Hall–Kier alpha value is -2.18. The third kappa shape index (κ3) is 2.81. The minimum atomic E-state index is -4.29. The molecule has 0 unspecified atom stereocenters. The van der Waals surface area contributed by atoms with Crippen LogP contribution in [0.3, 0.4) is 0 Å². The molecule has 0 atom stereocenters. The van der Waals surface area contributed by atoms with Crippen LogP contribution < -0.4 is 4.57 Å². The van der Waals surface area contributed by atoms with Gasteiger partial charge in [-0.25, -0.2) is 9.55 Å². The summed E-state index contributed by atoms with van der Waals surface area (Å²) >= 11 is 0. The average molecular weight is 303 g/mol. The van der Waals surface area contributed by atoms with Crippen molar-refractivity contribution >= 4 is 21.2 Å². The lowest BCUT2D eigenvalue weighted by atomic mass is 10.1. The number of H-pyrrole nitrogens is 1. The first-order valence-electron chi connectivity index (χ1n) is 6.58. The maximum atomic E-state index is 11.5. The Morgan fingerprint density at radius 3 is 2.38 bits per heavy atom. The van der Waals surface area contributed by atoms with Crippen molar-refractivity contribution < 1.29 is 17.5 Å². The monoisotopic (exact) mass is 303 g/mol. The number of nitrogens with one attached hydrogen (secondary N) is 1. The van der Waals surface area contributed by atoms with E-state index in [1.165, 1.54) is 0 Å². The summed E-state index contributed by atoms with van der Waals surface area (Å²) in [5, 5.41) is -0.181. The molecule has 0 aliphatic carbocycles. The highest BCUT2D eigenvalue weighted by atomic mass is 32.2. The molecule has 2 aromatic carbocycles. The van der Waals surface area contributed by atoms with Crippen LogP contribution in [0.1, 0.15) is 5.56 Å². The van der Waals surface area contributed by atoms with Crippen LogP contribution in [-0.4, -0.2) is 18.0 Å². The minimum absolute atomic E-state index is 0.181. The van der Waals surface area contributed by atoms with E-state index in [0.717, 1.165) is 11.1 Å². The number of fused-ring (bicyclic) bond motifs is 1. The van der Waals surface area contributed by atoms with Gasteiger partial charge in [-0.1, -0.05) is 42.5 Å². The number of nitrogens with zero attached hydrogens (tertiary/aromatic N) is 1. The third-order valence-electron chi connectivity index (χ3n) is 3.39. The quantitative estimate of drug-likeness (QED) is 0.571. The zero-order chi connectivity index (χ0) is 14.9. The zero-order valence-electron chi connectivity index (χ0n) is 11.2. The van der Waals surface area contributed by atoms with Crippen molar-refractivity contribution in [1.29, 1.82) is 0 Å². The lowest BCUT2D eigenvalue weighted by Gasteiger charge is -2.01. The second kappa shape index (κ2) is 5.31. The van der Waals surface area contributed by atoms with Crippen LogP contribution in [0, 0.1) is 0 Å². The molecule has 0 aliphatic heterocycles. The van der Waals surface area contributed by atoms with Crippen LogP contribution in [0.5, 0.6) is 0 Å². The smallest absolute Gasteiger partial charge is 0.276 e. The fourth-order valence-electron chi connectivity index (χ4n) is 2.42. The normalized spacial score (nSPS) is 11.9. The summed E-state index contributed by atoms with van der Waals surface area (Å²) in [5.74, 6) is 0. The average Bonchev–Trinajstić information content (AvgIpc) is 2.85. The number of hydrogen-bond acceptors (Lipinski definition) is 2. The number of aromatic amines is 1. The summed E-state index contributed by atoms with van der Waals surface area (Å²) < 4.78 is 34.1. The van der Waals surface area contributed by atoms with Gasteiger partial charge in [0.15, 0.2) is 11.0 Å². The highest BCUT2D eigenvalue weighted by Gasteiger charge is 2.28. The standard InChI is InChI=1S/C15H14N2O3S/c18-21(19,20)15-16-13-8-4-5-9-14(13)17(15)11-10-12-6-2-1-3-7-12/h1-9H,10-11H2,(H,18,19,20)/p+1. The first kappa shape index (κ1) is 13.8. The highest BCUT2D eigenvalue weighted by molar-refractivity contribution is 7.85. The number of benzene rings is 2. The predicted octanol–water partition coefficient (Wildman–Crippen LogP) is 1.94. The number of para-hydroxylation sites is 2. The summed E-state index contributed by atoms with van der Waals surface area (Å²) in [4.78, 5) is 2.77. The van der Waals surface area contributed by atoms with Gasteiger partial charge in [0.2, 0.25) is 0 Å². The fraction of sp³-hybridized carbons (Fsp3) is 0.133. The first-order valence-corrected chi connectivity index (χ1v) is 8.02. The Bertz CT molecular complexity index is 870. The number of imidazole rings is 1. The Balaban J connectivity index is 2.03. The molecule has 0 bridgehead atoms. The van der Waals surface area contributed by atoms with E-state index in [-0.39, 0.29) is 5.16 Å². The number of rotatable bonds is 4. The maximum absolute atomic E-state index is 11.5. The first-order chi connectivity index (χ1) is 10.1. The van der Waals surface area contributed by atoms with Gasteiger partial charge in [0.05, 0.1) is 6.54 Å². The van der Waals surface area contributed by atoms with Crippen molar-refractivity contribution in [2.24, 2.45) is 0 Å². The number of aromatic nitrogens is 2. The van der Waals surface area contributed by atoms with E-state index in [1.54, 1.807) is 10.6 Å². The molecule has 0 saturated carbocycles. The predicted molar refractivity (Wildman–Crippen MR) is 78.5 cm³/mol. The van der Waals surface area contributed by atoms with Crippen molar-refractivity contribution in [2.45, 2.75) is 18.1 Å². The minimum Gasteiger partial charge on any atom is -0.276 e. The molecule has 0 saturated heterocycles. The van der Waals surface area contributed by atoms with Crippen LogP contribution in [-0.2, 0) is 23.1 Å². The highest BCUT2D eigenvalue weighted by Crippen LogP contribution is 2.12. The Kier molecular flexibility index (Phi) is 3.48. The van der Waals surface area contributed by atoms with Gasteiger partial charge in [0.1, 0.15) is 0 Å². The van der Waals surface area contributed by atoms with Crippen LogP contribution in [0.25, 0.3) is 11.0 Å². The van der Waals surface area contributed by atoms with E-state index in [1.807, 2.05) is 48.5 Å². The van der Waals surface area contributed by atoms with Crippen LogP contribution in [0.2, 0.25) is 0 Å². The van der Waals surface area contributed by atoms with E-state index in [2.05, 4.69) is 4.98 Å². The molecule has 0 amide bonds. The summed E-state index contributed by atoms with van der Waals surface area (Å²) in [6.45, 7) is 0.461. The molecule has 6 heteroatoms. The van der Waals surface area contributed by atoms with E-state index >= 15 is 0 Å². The molecule has 0 aliphatic rings. The van der Waals surface area contributed by atoms with Crippen LogP contribution in [0.4, 0.5) is 0 Å². The van der Waals surface area contributed by atoms with Crippen molar-refractivity contribution in [2.75, 3.05) is 0 Å². The molecule has 0 spiro atoms. The molecular formula is C15H15N2O3S+. The van der Waals surface area contributed by atoms with Gasteiger partial charge in [0, 0.05) is 6.42 Å². The Morgan fingerprint density at radius 2 is 1.67 bits per heavy atom. The van der Waals surface area contributed by atoms with Gasteiger partial charge in [-0.2, -0.15) is 8.42 Å². The van der Waals surface area contributed by atoms with Gasteiger partial charge in [-0.15, -0.1) is 0 Å². The van der Waals surface area contributed by atoms with E-state index in [4.69, 9.17) is 0 Å². The summed E-state index contributed by atoms with van der Waals surface area (Å²) in [7, 11) is -4.29. The Labute approximate surface area is 122 Å². The topological polar surface area (TPSA) is 74.0 Å². The van der Waals surface area contributed by atoms with E-state index < -0.39 is 10.1 Å². The van der Waals surface area contributed by atoms with Gasteiger partial charge in [-0.05, 0) is 17.7 Å². The van der Waals surface area contributed by atoms with Gasteiger partial charge < -0.3 is 0 Å². The second-order valence-corrected chi connectivity index (χ2v) is 6.15. The van der Waals surface area contributed by atoms with Gasteiger partial charge in [-0.3, -0.25) is 4.55 Å². The van der Waals surface area contributed by atoms with Gasteiger partial charge in [0.25, 0.3) is 0 Å². The molecule has 3 aromatic rings. The summed E-state index contributed by atoms with van der Waals surface area (Å²) in [6, 6.07) is 17.1. The molecule has 0 fully saturated rings. The maximum Gasteiger partial charge on any atom is 0.401 e. The molecular weight excluding hydrogens is 288 g/mol. The zero-order valence-corrected chi connectivity index (χ0v) is 12.0. The molecule has 2 N–H and O–H groups in total. The molecule has 0 radical (unpaired) electrons. The molecule has 1 aromatic heterocycles. The largest absolute Gasteiger partial charge is 0.401 e. The molecule has 21 heavy (non-hydrogen) atoms. The fourth-order valence-corrected chi connectivity index (χ4v) is 3.13. The van der Waals surface area contributed by atoms with Crippen LogP contribution >= 0.6 is 0 Å². The SMILES string of the molecule is O=S(=O)(O)c1[nH]c2ccccc2[n+]1CCc1ccccc1. The van der Waals surface area contributed by atoms with Crippen molar-refractivity contribution in [1.82, 2.24) is 4.98 Å². The van der Waals surface area contributed by atoms with E-state index in [0.29, 0.717) is 18.5 Å². The summed E-state index contributed by atoms with van der Waals surface area (Å²) in [6.07, 6.45) is 0.676. The van der Waals surface area contributed by atoms with Crippen molar-refractivity contribution in [3.63, 3.8) is 0 Å².